The highest BCUT2D eigenvalue weighted by atomic mass is 127. The molecule has 1 aliphatic rings. The summed E-state index contributed by atoms with van der Waals surface area (Å²) in [5, 5.41) is 7.53. The number of esters is 1. The molecule has 2 heterocycles. The molecule has 0 amide bonds. The average Bonchev–Trinajstić information content (AvgIpc) is 3.11. The number of ether oxygens (including phenoxy) is 2. The van der Waals surface area contributed by atoms with E-state index in [1.807, 2.05) is 20.8 Å². The molecule has 1 aromatic rings. The molecule has 1 saturated heterocycles. The van der Waals surface area contributed by atoms with Crippen molar-refractivity contribution in [3.63, 3.8) is 0 Å². The van der Waals surface area contributed by atoms with Gasteiger partial charge in [0.2, 0.25) is 0 Å². The fourth-order valence-electron chi connectivity index (χ4n) is 3.04. The molecule has 2 rings (SSSR count). The van der Waals surface area contributed by atoms with Crippen molar-refractivity contribution in [3.8, 4) is 0 Å². The van der Waals surface area contributed by atoms with Crippen LogP contribution in [0.5, 0.6) is 0 Å². The van der Waals surface area contributed by atoms with Crippen LogP contribution in [-0.2, 0) is 9.47 Å². The fraction of sp³-hybridized carbons (Fsp3) is 0.750. The van der Waals surface area contributed by atoms with Crippen LogP contribution in [0, 0.1) is 6.92 Å². The molecule has 0 radical (unpaired) electrons. The maximum Gasteiger partial charge on any atom is 0.350 e. The minimum absolute atomic E-state index is 0. The van der Waals surface area contributed by atoms with Crippen molar-refractivity contribution in [2.45, 2.75) is 46.6 Å². The first-order chi connectivity index (χ1) is 14.0. The van der Waals surface area contributed by atoms with Crippen molar-refractivity contribution in [1.82, 2.24) is 20.5 Å². The number of nitrogens with one attached hydrogen (secondary N) is 2. The minimum Gasteiger partial charge on any atom is -0.462 e. The summed E-state index contributed by atoms with van der Waals surface area (Å²) in [5.41, 5.74) is 0.710. The standard InChI is InChI=1S/C20H35N5O3S.HI/c1-5-21-20(22-9-7-8-10-25-11-13-27-14-12-25)24-16(4)18-23-15(3)17(29-18)19(26)28-6-2;/h16H,5-14H2,1-4H3,(H2,21,22,24);1H. The van der Waals surface area contributed by atoms with Gasteiger partial charge in [0.15, 0.2) is 5.96 Å². The maximum atomic E-state index is 12.0. The molecular formula is C20H36IN5O3S. The second-order valence-corrected chi connectivity index (χ2v) is 8.01. The highest BCUT2D eigenvalue weighted by Gasteiger charge is 2.20. The number of hydrogen-bond donors (Lipinski definition) is 2. The zero-order valence-corrected chi connectivity index (χ0v) is 21.7. The first-order valence-electron chi connectivity index (χ1n) is 10.5. The Kier molecular flexibility index (Phi) is 13.5. The Balaban J connectivity index is 0.00000450. The zero-order chi connectivity index (χ0) is 21.1. The van der Waals surface area contributed by atoms with Crippen LogP contribution in [0.1, 0.15) is 60.0 Å². The Bertz CT molecular complexity index is 665. The third kappa shape index (κ3) is 9.03. The fourth-order valence-corrected chi connectivity index (χ4v) is 4.00. The third-order valence-corrected chi connectivity index (χ3v) is 5.92. The lowest BCUT2D eigenvalue weighted by Gasteiger charge is -2.26. The summed E-state index contributed by atoms with van der Waals surface area (Å²) in [4.78, 5) is 24.3. The van der Waals surface area contributed by atoms with Crippen LogP contribution in [0.4, 0.5) is 0 Å². The molecule has 1 atom stereocenters. The lowest BCUT2D eigenvalue weighted by atomic mass is 10.3. The van der Waals surface area contributed by atoms with Gasteiger partial charge in [0.05, 0.1) is 31.6 Å². The number of aliphatic imine (C=N–C) groups is 1. The molecule has 1 fully saturated rings. The maximum absolute atomic E-state index is 12.0. The summed E-state index contributed by atoms with van der Waals surface area (Å²) >= 11 is 1.38. The predicted octanol–water partition coefficient (Wildman–Crippen LogP) is 2.97. The lowest BCUT2D eigenvalue weighted by Crippen LogP contribution is -2.39. The number of nitrogens with zero attached hydrogens (tertiary/aromatic N) is 3. The number of unbranched alkanes of at least 4 members (excludes halogenated alkanes) is 1. The van der Waals surface area contributed by atoms with E-state index in [0.29, 0.717) is 17.2 Å². The normalized spacial score (nSPS) is 15.9. The van der Waals surface area contributed by atoms with E-state index < -0.39 is 0 Å². The van der Waals surface area contributed by atoms with Crippen LogP contribution in [0.25, 0.3) is 0 Å². The van der Waals surface area contributed by atoms with Gasteiger partial charge in [-0.1, -0.05) is 0 Å². The van der Waals surface area contributed by atoms with Crippen molar-refractivity contribution >= 4 is 47.2 Å². The van der Waals surface area contributed by atoms with E-state index in [0.717, 1.165) is 69.7 Å². The number of morpholine rings is 1. The van der Waals surface area contributed by atoms with Gasteiger partial charge in [-0.15, -0.1) is 35.3 Å². The largest absolute Gasteiger partial charge is 0.462 e. The van der Waals surface area contributed by atoms with Crippen LogP contribution >= 0.6 is 35.3 Å². The highest BCUT2D eigenvalue weighted by Crippen LogP contribution is 2.24. The zero-order valence-electron chi connectivity index (χ0n) is 18.5. The number of rotatable bonds is 10. The molecule has 8 nitrogen and oxygen atoms in total. The average molecular weight is 554 g/mol. The number of carbonyl (C=O) groups excluding carboxylic acids is 1. The Morgan fingerprint density at radius 2 is 2.07 bits per heavy atom. The van der Waals surface area contributed by atoms with Crippen LogP contribution in [0.2, 0.25) is 0 Å². The van der Waals surface area contributed by atoms with Crippen LogP contribution < -0.4 is 10.6 Å². The van der Waals surface area contributed by atoms with E-state index in [-0.39, 0.29) is 36.0 Å². The van der Waals surface area contributed by atoms with Crippen LogP contribution in [0.15, 0.2) is 4.99 Å². The molecule has 10 heteroatoms. The van der Waals surface area contributed by atoms with Gasteiger partial charge >= 0.3 is 5.97 Å². The summed E-state index contributed by atoms with van der Waals surface area (Å²) in [6, 6.07) is -0.0481. The van der Waals surface area contributed by atoms with E-state index in [4.69, 9.17) is 14.5 Å². The summed E-state index contributed by atoms with van der Waals surface area (Å²) in [5.74, 6) is 0.471. The number of aryl methyl sites for hydroxylation is 1. The van der Waals surface area contributed by atoms with Crippen LogP contribution in [-0.4, -0.2) is 74.4 Å². The van der Waals surface area contributed by atoms with Gasteiger partial charge in [0, 0.05) is 26.2 Å². The number of aromatic nitrogens is 1. The summed E-state index contributed by atoms with van der Waals surface area (Å²) < 4.78 is 10.5. The lowest BCUT2D eigenvalue weighted by molar-refractivity contribution is 0.0373. The van der Waals surface area contributed by atoms with Gasteiger partial charge in [-0.05, 0) is 47.1 Å². The topological polar surface area (TPSA) is 88.1 Å². The Hall–Kier alpha value is -0.980. The van der Waals surface area contributed by atoms with Crippen molar-refractivity contribution in [1.29, 1.82) is 0 Å². The third-order valence-electron chi connectivity index (χ3n) is 4.60. The molecular weight excluding hydrogens is 517 g/mol. The number of halogens is 1. The predicted molar refractivity (Wildman–Crippen MR) is 132 cm³/mol. The Morgan fingerprint density at radius 3 is 2.73 bits per heavy atom. The quantitative estimate of drug-likeness (QED) is 0.152. The van der Waals surface area contributed by atoms with Crippen molar-refractivity contribution in [3.05, 3.63) is 15.6 Å². The van der Waals surface area contributed by atoms with E-state index in [1.54, 1.807) is 6.92 Å². The van der Waals surface area contributed by atoms with Gasteiger partial charge in [0.1, 0.15) is 9.88 Å². The number of guanidine groups is 1. The molecule has 0 bridgehead atoms. The number of hydrogen-bond acceptors (Lipinski definition) is 7. The minimum atomic E-state index is -0.304. The van der Waals surface area contributed by atoms with Gasteiger partial charge in [-0.3, -0.25) is 9.89 Å². The summed E-state index contributed by atoms with van der Waals surface area (Å²) in [6.45, 7) is 14.5. The Morgan fingerprint density at radius 1 is 1.33 bits per heavy atom. The molecule has 1 unspecified atom stereocenters. The SMILES string of the molecule is CCNC(=NCCCCN1CCOCC1)NC(C)c1nc(C)c(C(=O)OCC)s1.I. The van der Waals surface area contributed by atoms with E-state index in [1.165, 1.54) is 11.3 Å². The number of carbonyl (C=O) groups is 1. The van der Waals surface area contributed by atoms with Gasteiger partial charge in [-0.2, -0.15) is 0 Å². The number of thiazole rings is 1. The van der Waals surface area contributed by atoms with Crippen LogP contribution in [0.3, 0.4) is 0 Å². The molecule has 0 spiro atoms. The molecule has 2 N–H and O–H groups in total. The first kappa shape index (κ1) is 27.1. The van der Waals surface area contributed by atoms with E-state index in [9.17, 15) is 4.79 Å². The smallest absolute Gasteiger partial charge is 0.350 e. The van der Waals surface area contributed by atoms with Crippen molar-refractivity contribution < 1.29 is 14.3 Å². The van der Waals surface area contributed by atoms with E-state index in [2.05, 4.69) is 20.5 Å². The second-order valence-electron chi connectivity index (χ2n) is 6.97. The van der Waals surface area contributed by atoms with Gasteiger partial charge < -0.3 is 20.1 Å². The van der Waals surface area contributed by atoms with Crippen molar-refractivity contribution in [2.24, 2.45) is 4.99 Å². The molecule has 172 valence electrons. The summed E-state index contributed by atoms with van der Waals surface area (Å²) in [6.07, 6.45) is 2.18. The monoisotopic (exact) mass is 553 g/mol. The molecule has 1 aliphatic heterocycles. The van der Waals surface area contributed by atoms with E-state index >= 15 is 0 Å². The second kappa shape index (κ2) is 14.9. The molecule has 1 aromatic heterocycles. The van der Waals surface area contributed by atoms with Gasteiger partial charge in [0.25, 0.3) is 0 Å². The molecule has 0 aromatic carbocycles. The molecule has 0 saturated carbocycles. The summed E-state index contributed by atoms with van der Waals surface area (Å²) in [7, 11) is 0. The molecule has 0 aliphatic carbocycles. The Labute approximate surface area is 201 Å². The first-order valence-corrected chi connectivity index (χ1v) is 11.4. The molecule has 30 heavy (non-hydrogen) atoms. The van der Waals surface area contributed by atoms with Gasteiger partial charge in [-0.25, -0.2) is 9.78 Å². The highest BCUT2D eigenvalue weighted by molar-refractivity contribution is 14.0. The van der Waals surface area contributed by atoms with Crippen molar-refractivity contribution in [2.75, 3.05) is 52.5 Å².